The quantitative estimate of drug-likeness (QED) is 0.825. The van der Waals surface area contributed by atoms with Gasteiger partial charge < -0.3 is 14.8 Å². The third-order valence-corrected chi connectivity index (χ3v) is 3.38. The molecule has 0 heterocycles. The molecular weight excluding hydrogens is 306 g/mol. The zero-order valence-corrected chi connectivity index (χ0v) is 14.1. The van der Waals surface area contributed by atoms with E-state index in [0.717, 1.165) is 11.1 Å². The lowest BCUT2D eigenvalue weighted by Crippen LogP contribution is -2.21. The Hall–Kier alpha value is -2.82. The molecule has 0 spiro atoms. The van der Waals surface area contributed by atoms with Crippen molar-refractivity contribution in [3.05, 3.63) is 59.2 Å². The number of amides is 1. The van der Waals surface area contributed by atoms with Crippen molar-refractivity contribution >= 4 is 17.6 Å². The van der Waals surface area contributed by atoms with Gasteiger partial charge in [0, 0.05) is 5.69 Å². The van der Waals surface area contributed by atoms with Gasteiger partial charge in [-0.05, 0) is 56.2 Å². The summed E-state index contributed by atoms with van der Waals surface area (Å²) in [5, 5.41) is 2.76. The number of benzene rings is 2. The molecule has 0 aliphatic carbocycles. The van der Waals surface area contributed by atoms with Crippen molar-refractivity contribution in [2.45, 2.75) is 20.8 Å². The maximum Gasteiger partial charge on any atom is 0.338 e. The maximum absolute atomic E-state index is 12.1. The monoisotopic (exact) mass is 327 g/mol. The summed E-state index contributed by atoms with van der Waals surface area (Å²) in [6.45, 7) is 5.76. The topological polar surface area (TPSA) is 64.6 Å². The summed E-state index contributed by atoms with van der Waals surface area (Å²) >= 11 is 0. The average molecular weight is 327 g/mol. The number of ether oxygens (including phenoxy) is 2. The number of carbonyl (C=O) groups is 2. The van der Waals surface area contributed by atoms with Gasteiger partial charge in [0.05, 0.1) is 12.2 Å². The Labute approximate surface area is 141 Å². The molecular formula is C19H21NO4. The van der Waals surface area contributed by atoms with E-state index in [0.29, 0.717) is 23.6 Å². The fourth-order valence-electron chi connectivity index (χ4n) is 2.14. The summed E-state index contributed by atoms with van der Waals surface area (Å²) in [6, 6.07) is 12.5. The third kappa shape index (κ3) is 4.84. The van der Waals surface area contributed by atoms with Gasteiger partial charge in [-0.1, -0.05) is 18.2 Å². The lowest BCUT2D eigenvalue weighted by Gasteiger charge is -2.11. The summed E-state index contributed by atoms with van der Waals surface area (Å²) in [6.07, 6.45) is 0. The van der Waals surface area contributed by atoms with Crippen LogP contribution >= 0.6 is 0 Å². The molecule has 1 amide bonds. The Balaban J connectivity index is 2.00. The molecule has 5 nitrogen and oxygen atoms in total. The van der Waals surface area contributed by atoms with Crippen LogP contribution in [0.1, 0.15) is 28.4 Å². The van der Waals surface area contributed by atoms with Crippen molar-refractivity contribution in [3.63, 3.8) is 0 Å². The fourth-order valence-corrected chi connectivity index (χ4v) is 2.14. The number of aryl methyl sites for hydroxylation is 2. The van der Waals surface area contributed by atoms with Crippen LogP contribution in [0.2, 0.25) is 0 Å². The molecule has 0 bridgehead atoms. The molecule has 0 aliphatic heterocycles. The molecule has 2 aromatic rings. The number of esters is 1. The van der Waals surface area contributed by atoms with Gasteiger partial charge in [0.2, 0.25) is 0 Å². The third-order valence-electron chi connectivity index (χ3n) is 3.38. The molecule has 1 N–H and O–H groups in total. The van der Waals surface area contributed by atoms with E-state index in [-0.39, 0.29) is 12.5 Å². The van der Waals surface area contributed by atoms with E-state index >= 15 is 0 Å². The Kier molecular flexibility index (Phi) is 5.95. The zero-order valence-electron chi connectivity index (χ0n) is 14.1. The van der Waals surface area contributed by atoms with Gasteiger partial charge >= 0.3 is 5.97 Å². The van der Waals surface area contributed by atoms with E-state index in [9.17, 15) is 9.59 Å². The predicted octanol–water partition coefficient (Wildman–Crippen LogP) is 3.50. The fraction of sp³-hybridized carbons (Fsp3) is 0.263. The van der Waals surface area contributed by atoms with Crippen LogP contribution in [0.3, 0.4) is 0 Å². The summed E-state index contributed by atoms with van der Waals surface area (Å²) < 4.78 is 10.4. The molecule has 0 saturated heterocycles. The maximum atomic E-state index is 12.1. The average Bonchev–Trinajstić information content (AvgIpc) is 2.55. The SMILES string of the molecule is CCOC(=O)c1ccc(C)c(NC(=O)COc2cccc(C)c2)c1. The highest BCUT2D eigenvalue weighted by Gasteiger charge is 2.11. The number of hydrogen-bond acceptors (Lipinski definition) is 4. The highest BCUT2D eigenvalue weighted by atomic mass is 16.5. The number of hydrogen-bond donors (Lipinski definition) is 1. The Morgan fingerprint density at radius 2 is 1.88 bits per heavy atom. The minimum absolute atomic E-state index is 0.105. The molecule has 0 fully saturated rings. The number of carbonyl (C=O) groups excluding carboxylic acids is 2. The van der Waals surface area contributed by atoms with Crippen molar-refractivity contribution in [1.82, 2.24) is 0 Å². The molecule has 5 heteroatoms. The summed E-state index contributed by atoms with van der Waals surface area (Å²) in [4.78, 5) is 23.9. The minimum atomic E-state index is -0.413. The highest BCUT2D eigenvalue weighted by molar-refractivity contribution is 5.95. The lowest BCUT2D eigenvalue weighted by atomic mass is 10.1. The number of anilines is 1. The predicted molar refractivity (Wildman–Crippen MR) is 92.4 cm³/mol. The van der Waals surface area contributed by atoms with E-state index in [1.54, 1.807) is 31.2 Å². The molecule has 0 unspecified atom stereocenters. The summed E-state index contributed by atoms with van der Waals surface area (Å²) in [5.74, 6) is -0.0632. The van der Waals surface area contributed by atoms with Crippen LogP contribution < -0.4 is 10.1 Å². The van der Waals surface area contributed by atoms with Gasteiger partial charge in [0.25, 0.3) is 5.91 Å². The van der Waals surface area contributed by atoms with Gasteiger partial charge in [-0.25, -0.2) is 4.79 Å². The van der Waals surface area contributed by atoms with Gasteiger partial charge in [-0.2, -0.15) is 0 Å². The Morgan fingerprint density at radius 3 is 2.58 bits per heavy atom. The second-order valence-electron chi connectivity index (χ2n) is 5.40. The first-order chi connectivity index (χ1) is 11.5. The molecule has 0 saturated carbocycles. The highest BCUT2D eigenvalue weighted by Crippen LogP contribution is 2.18. The van der Waals surface area contributed by atoms with Crippen molar-refractivity contribution < 1.29 is 19.1 Å². The van der Waals surface area contributed by atoms with Crippen molar-refractivity contribution in [1.29, 1.82) is 0 Å². The molecule has 2 aromatic carbocycles. The smallest absolute Gasteiger partial charge is 0.338 e. The molecule has 0 aromatic heterocycles. The lowest BCUT2D eigenvalue weighted by molar-refractivity contribution is -0.118. The van der Waals surface area contributed by atoms with Crippen LogP contribution in [-0.4, -0.2) is 25.1 Å². The zero-order chi connectivity index (χ0) is 17.5. The largest absolute Gasteiger partial charge is 0.484 e. The second kappa shape index (κ2) is 8.15. The Morgan fingerprint density at radius 1 is 1.08 bits per heavy atom. The van der Waals surface area contributed by atoms with Crippen LogP contribution in [0, 0.1) is 13.8 Å². The summed E-state index contributed by atoms with van der Waals surface area (Å²) in [7, 11) is 0. The van der Waals surface area contributed by atoms with E-state index in [2.05, 4.69) is 5.32 Å². The van der Waals surface area contributed by atoms with Crippen LogP contribution in [0.4, 0.5) is 5.69 Å². The van der Waals surface area contributed by atoms with Crippen molar-refractivity contribution in [3.8, 4) is 5.75 Å². The van der Waals surface area contributed by atoms with Gasteiger partial charge in [0.15, 0.2) is 6.61 Å². The van der Waals surface area contributed by atoms with E-state index in [1.165, 1.54) is 0 Å². The summed E-state index contributed by atoms with van der Waals surface area (Å²) in [5.41, 5.74) is 2.88. The number of rotatable bonds is 6. The van der Waals surface area contributed by atoms with Crippen molar-refractivity contribution in [2.75, 3.05) is 18.5 Å². The van der Waals surface area contributed by atoms with Crippen LogP contribution in [-0.2, 0) is 9.53 Å². The molecule has 0 radical (unpaired) electrons. The Bertz CT molecular complexity index is 740. The van der Waals surface area contributed by atoms with Gasteiger partial charge in [-0.3, -0.25) is 4.79 Å². The first-order valence-corrected chi connectivity index (χ1v) is 7.76. The molecule has 0 atom stereocenters. The normalized spacial score (nSPS) is 10.1. The molecule has 24 heavy (non-hydrogen) atoms. The molecule has 2 rings (SSSR count). The van der Waals surface area contributed by atoms with Gasteiger partial charge in [-0.15, -0.1) is 0 Å². The van der Waals surface area contributed by atoms with E-state index in [4.69, 9.17) is 9.47 Å². The molecule has 0 aliphatic rings. The van der Waals surface area contributed by atoms with E-state index in [1.807, 2.05) is 32.0 Å². The standard InChI is InChI=1S/C19H21NO4/c1-4-23-19(22)15-9-8-14(3)17(11-15)20-18(21)12-24-16-7-5-6-13(2)10-16/h5-11H,4,12H2,1-3H3,(H,20,21). The molecule has 126 valence electrons. The minimum Gasteiger partial charge on any atom is -0.484 e. The van der Waals surface area contributed by atoms with Crippen LogP contribution in [0.15, 0.2) is 42.5 Å². The number of nitrogens with one attached hydrogen (secondary N) is 1. The first-order valence-electron chi connectivity index (χ1n) is 7.76. The van der Waals surface area contributed by atoms with Gasteiger partial charge in [0.1, 0.15) is 5.75 Å². The first kappa shape index (κ1) is 17.5. The van der Waals surface area contributed by atoms with Crippen molar-refractivity contribution in [2.24, 2.45) is 0 Å². The van der Waals surface area contributed by atoms with Crippen LogP contribution in [0.5, 0.6) is 5.75 Å². The van der Waals surface area contributed by atoms with Crippen LogP contribution in [0.25, 0.3) is 0 Å². The van der Waals surface area contributed by atoms with E-state index < -0.39 is 5.97 Å². The second-order valence-corrected chi connectivity index (χ2v) is 5.40.